The topological polar surface area (TPSA) is 102 Å². The van der Waals surface area contributed by atoms with E-state index in [0.29, 0.717) is 11.3 Å². The second kappa shape index (κ2) is 18.3. The lowest BCUT2D eigenvalue weighted by molar-refractivity contribution is -0.176. The number of hydrogen-bond donors (Lipinski definition) is 2. The molecular weight excluding hydrogens is 600 g/mol. The van der Waals surface area contributed by atoms with Gasteiger partial charge in [-0.15, -0.1) is 11.8 Å². The van der Waals surface area contributed by atoms with Crippen LogP contribution in [0, 0.1) is 30.6 Å². The van der Waals surface area contributed by atoms with Gasteiger partial charge in [0.2, 0.25) is 5.60 Å². The zero-order chi connectivity index (χ0) is 33.4. The van der Waals surface area contributed by atoms with Crippen LogP contribution >= 0.6 is 11.8 Å². The fourth-order valence-electron chi connectivity index (χ4n) is 4.15. The van der Waals surface area contributed by atoms with Crippen LogP contribution in [0.1, 0.15) is 43.0 Å². The van der Waals surface area contributed by atoms with Crippen LogP contribution in [-0.4, -0.2) is 54.3 Å². The highest BCUT2D eigenvalue weighted by Crippen LogP contribution is 2.28. The molecule has 0 bridgehead atoms. The van der Waals surface area contributed by atoms with Crippen molar-refractivity contribution >= 4 is 23.7 Å². The Balaban J connectivity index is 1.50. The molecule has 0 aromatic heterocycles. The number of carboxylic acids is 2. The lowest BCUT2D eigenvalue weighted by Crippen LogP contribution is -2.43. The zero-order valence-corrected chi connectivity index (χ0v) is 27.3. The Kier molecular flexibility index (Phi) is 14.2. The van der Waals surface area contributed by atoms with Crippen molar-refractivity contribution in [2.75, 3.05) is 32.2 Å². The number of carboxylic acid groups (broad SMARTS) is 2. The van der Waals surface area contributed by atoms with E-state index in [1.165, 1.54) is 0 Å². The summed E-state index contributed by atoms with van der Waals surface area (Å²) < 4.78 is 16.7. The minimum atomic E-state index is -1.57. The Morgan fingerprint density at radius 2 is 1.52 bits per heavy atom. The number of allylic oxidation sites excluding steroid dienone is 2. The van der Waals surface area contributed by atoms with Crippen LogP contribution in [0.5, 0.6) is 5.75 Å². The van der Waals surface area contributed by atoms with Crippen molar-refractivity contribution in [2.24, 2.45) is 0 Å². The molecule has 0 aliphatic rings. The molecule has 8 heteroatoms. The number of hydrogen-bond acceptors (Lipinski definition) is 6. The first kappa shape index (κ1) is 35.7. The molecule has 0 radical (unpaired) electrons. The Morgan fingerprint density at radius 1 is 0.891 bits per heavy atom. The van der Waals surface area contributed by atoms with E-state index in [9.17, 15) is 14.7 Å². The molecule has 1 unspecified atom stereocenters. The summed E-state index contributed by atoms with van der Waals surface area (Å²) in [5.41, 5.74) is 3.35. The van der Waals surface area contributed by atoms with Crippen molar-refractivity contribution in [3.8, 4) is 29.4 Å². The van der Waals surface area contributed by atoms with Gasteiger partial charge in [0.05, 0.1) is 13.2 Å². The van der Waals surface area contributed by atoms with E-state index in [2.05, 4.69) is 29.8 Å². The second-order valence-electron chi connectivity index (χ2n) is 10.2. The fourth-order valence-corrected chi connectivity index (χ4v) is 5.10. The molecular formula is C38H38O7S. The molecule has 0 fully saturated rings. The average molecular weight is 639 g/mol. The van der Waals surface area contributed by atoms with Crippen LogP contribution in [0.25, 0.3) is 0 Å². The summed E-state index contributed by atoms with van der Waals surface area (Å²) in [7, 11) is 0. The monoisotopic (exact) mass is 638 g/mol. The summed E-state index contributed by atoms with van der Waals surface area (Å²) in [5.74, 6) is 11.8. The lowest BCUT2D eigenvalue weighted by atomic mass is 9.94. The second-order valence-corrected chi connectivity index (χ2v) is 11.3. The Bertz CT molecular complexity index is 1670. The van der Waals surface area contributed by atoms with Gasteiger partial charge in [0.25, 0.3) is 0 Å². The van der Waals surface area contributed by atoms with Gasteiger partial charge in [0.1, 0.15) is 5.75 Å². The maximum Gasteiger partial charge on any atom is 0.343 e. The molecule has 2 N–H and O–H groups in total. The van der Waals surface area contributed by atoms with Crippen molar-refractivity contribution in [2.45, 2.75) is 38.2 Å². The van der Waals surface area contributed by atoms with Gasteiger partial charge in [-0.3, -0.25) is 0 Å². The molecule has 3 aromatic rings. The summed E-state index contributed by atoms with van der Waals surface area (Å²) in [4.78, 5) is 23.9. The third-order valence-corrected chi connectivity index (χ3v) is 7.54. The van der Waals surface area contributed by atoms with E-state index in [-0.39, 0.29) is 26.4 Å². The molecule has 0 spiro atoms. The number of thioether (sulfide) groups is 1. The first-order valence-corrected chi connectivity index (χ1v) is 15.7. The van der Waals surface area contributed by atoms with E-state index in [0.717, 1.165) is 38.5 Å². The van der Waals surface area contributed by atoms with Crippen molar-refractivity contribution in [3.05, 3.63) is 118 Å². The van der Waals surface area contributed by atoms with Crippen LogP contribution in [0.15, 0.2) is 101 Å². The molecule has 0 saturated heterocycles. The van der Waals surface area contributed by atoms with E-state index in [1.807, 2.05) is 69.3 Å². The van der Waals surface area contributed by atoms with Gasteiger partial charge in [0, 0.05) is 28.4 Å². The van der Waals surface area contributed by atoms with E-state index in [1.54, 1.807) is 49.0 Å². The largest absolute Gasteiger partial charge is 0.482 e. The molecule has 0 aliphatic heterocycles. The van der Waals surface area contributed by atoms with Crippen molar-refractivity contribution in [3.63, 3.8) is 0 Å². The highest BCUT2D eigenvalue weighted by atomic mass is 32.2. The predicted molar refractivity (Wildman–Crippen MR) is 181 cm³/mol. The van der Waals surface area contributed by atoms with Crippen LogP contribution < -0.4 is 4.74 Å². The first-order valence-electron chi connectivity index (χ1n) is 14.7. The standard InChI is InChI=1S/C38H38O7S/c1-5-45-38(37(41)42,33-9-7-6-8-10-33)27-43-23-21-28(2)11-13-31-15-17-32(18-16-31)14-12-29(3)22-24-46-34-19-20-35(30(4)25-34)44-26-36(39)40/h6-10,15-22,25H,5,23-24,26-27H2,1-4H3,(H,39,40)(H,41,42). The summed E-state index contributed by atoms with van der Waals surface area (Å²) in [5, 5.41) is 18.7. The van der Waals surface area contributed by atoms with Gasteiger partial charge in [-0.05, 0) is 98.5 Å². The molecule has 0 saturated carbocycles. The molecule has 46 heavy (non-hydrogen) atoms. The highest BCUT2D eigenvalue weighted by Gasteiger charge is 2.41. The van der Waals surface area contributed by atoms with Crippen LogP contribution in [0.4, 0.5) is 0 Å². The van der Waals surface area contributed by atoms with E-state index < -0.39 is 17.5 Å². The zero-order valence-electron chi connectivity index (χ0n) is 26.5. The Morgan fingerprint density at radius 3 is 2.09 bits per heavy atom. The summed E-state index contributed by atoms with van der Waals surface area (Å²) in [6.45, 7) is 7.44. The molecule has 3 rings (SSSR count). The minimum absolute atomic E-state index is 0.131. The number of carbonyl (C=O) groups is 2. The normalized spacial score (nSPS) is 12.6. The maximum absolute atomic E-state index is 12.2. The summed E-state index contributed by atoms with van der Waals surface area (Å²) >= 11 is 1.66. The van der Waals surface area contributed by atoms with Crippen molar-refractivity contribution < 1.29 is 34.0 Å². The predicted octanol–water partition coefficient (Wildman–Crippen LogP) is 6.88. The summed E-state index contributed by atoms with van der Waals surface area (Å²) in [6, 6.07) is 22.2. The van der Waals surface area contributed by atoms with Gasteiger partial charge >= 0.3 is 11.9 Å². The van der Waals surface area contributed by atoms with Crippen molar-refractivity contribution in [1.82, 2.24) is 0 Å². The maximum atomic E-state index is 12.2. The smallest absolute Gasteiger partial charge is 0.343 e. The van der Waals surface area contributed by atoms with Crippen LogP contribution in [-0.2, 0) is 24.7 Å². The van der Waals surface area contributed by atoms with Gasteiger partial charge in [-0.25, -0.2) is 9.59 Å². The molecule has 0 heterocycles. The first-order chi connectivity index (χ1) is 22.1. The fraction of sp³-hybridized carbons (Fsp3) is 0.263. The van der Waals surface area contributed by atoms with E-state index in [4.69, 9.17) is 19.3 Å². The van der Waals surface area contributed by atoms with Crippen LogP contribution in [0.2, 0.25) is 0 Å². The molecule has 0 amide bonds. The molecule has 0 aliphatic carbocycles. The highest BCUT2D eigenvalue weighted by molar-refractivity contribution is 7.99. The summed E-state index contributed by atoms with van der Waals surface area (Å²) in [6.07, 6.45) is 3.89. The van der Waals surface area contributed by atoms with E-state index >= 15 is 0 Å². The van der Waals surface area contributed by atoms with Crippen molar-refractivity contribution in [1.29, 1.82) is 0 Å². The number of benzene rings is 3. The van der Waals surface area contributed by atoms with Gasteiger partial charge in [0.15, 0.2) is 6.61 Å². The Labute approximate surface area is 275 Å². The number of aliphatic carboxylic acids is 2. The minimum Gasteiger partial charge on any atom is -0.482 e. The molecule has 238 valence electrons. The number of rotatable bonds is 14. The average Bonchev–Trinajstić information content (AvgIpc) is 3.04. The van der Waals surface area contributed by atoms with Gasteiger partial charge < -0.3 is 24.4 Å². The lowest BCUT2D eigenvalue weighted by Gasteiger charge is -2.29. The molecule has 1 atom stereocenters. The number of aryl methyl sites for hydroxylation is 1. The molecule has 3 aromatic carbocycles. The SMILES string of the molecule is CCOC(COCC=C(C)C#Cc1ccc(C#CC(C)=CCSc2ccc(OCC(=O)O)c(C)c2)cc1)(C(=O)O)c1ccccc1. The third kappa shape index (κ3) is 11.3. The van der Waals surface area contributed by atoms with Gasteiger partial charge in [-0.2, -0.15) is 0 Å². The molecule has 7 nitrogen and oxygen atoms in total. The quantitative estimate of drug-likeness (QED) is 0.112. The third-order valence-electron chi connectivity index (χ3n) is 6.62. The number of ether oxygens (including phenoxy) is 3. The van der Waals surface area contributed by atoms with Crippen LogP contribution in [0.3, 0.4) is 0 Å². The Hall–Kier alpha value is -4.73. The van der Waals surface area contributed by atoms with Gasteiger partial charge in [-0.1, -0.05) is 60.1 Å².